The number of fused-ring (bicyclic) bond motifs is 1. The fourth-order valence-corrected chi connectivity index (χ4v) is 2.41. The molecule has 2 aromatic rings. The summed E-state index contributed by atoms with van der Waals surface area (Å²) in [6.07, 6.45) is 2.08. The average molecular weight is 214 g/mol. The molecule has 0 aliphatic rings. The van der Waals surface area contributed by atoms with E-state index < -0.39 is 0 Å². The van der Waals surface area contributed by atoms with Crippen LogP contribution in [0.15, 0.2) is 30.3 Å². The summed E-state index contributed by atoms with van der Waals surface area (Å²) in [6.45, 7) is 4.39. The average Bonchev–Trinajstić information content (AvgIpc) is 2.36. The smallest absolute Gasteiger partial charge is 0.122 e. The fourth-order valence-electron chi connectivity index (χ4n) is 2.41. The van der Waals surface area contributed by atoms with Gasteiger partial charge in [0, 0.05) is 0 Å². The van der Waals surface area contributed by atoms with Gasteiger partial charge in [-0.05, 0) is 40.8 Å². The molecule has 0 unspecified atom stereocenters. The maximum absolute atomic E-state index is 5.49. The molecule has 2 aromatic carbocycles. The summed E-state index contributed by atoms with van der Waals surface area (Å²) in [5.74, 6) is 1.03. The Morgan fingerprint density at radius 1 is 1.00 bits per heavy atom. The Morgan fingerprint density at radius 3 is 2.31 bits per heavy atom. The molecule has 0 heterocycles. The summed E-state index contributed by atoms with van der Waals surface area (Å²) in [4.78, 5) is 0. The van der Waals surface area contributed by atoms with Gasteiger partial charge in [-0.2, -0.15) is 0 Å². The molecule has 0 saturated heterocycles. The fraction of sp³-hybridized carbons (Fsp3) is 0.333. The summed E-state index contributed by atoms with van der Waals surface area (Å²) in [7, 11) is 1.75. The number of aryl methyl sites for hydroxylation is 1. The van der Waals surface area contributed by atoms with Crippen molar-refractivity contribution in [2.45, 2.75) is 26.7 Å². The molecule has 0 fully saturated rings. The molecule has 16 heavy (non-hydrogen) atoms. The quantitative estimate of drug-likeness (QED) is 0.751. The van der Waals surface area contributed by atoms with Gasteiger partial charge >= 0.3 is 0 Å². The van der Waals surface area contributed by atoms with Gasteiger partial charge in [-0.1, -0.05) is 38.1 Å². The molecule has 2 rings (SSSR count). The van der Waals surface area contributed by atoms with E-state index in [0.29, 0.717) is 0 Å². The zero-order valence-corrected chi connectivity index (χ0v) is 10.2. The van der Waals surface area contributed by atoms with Crippen LogP contribution in [0.25, 0.3) is 10.8 Å². The van der Waals surface area contributed by atoms with E-state index in [9.17, 15) is 0 Å². The summed E-state index contributed by atoms with van der Waals surface area (Å²) < 4.78 is 5.49. The maximum Gasteiger partial charge on any atom is 0.122 e. The lowest BCUT2D eigenvalue weighted by atomic mass is 9.95. The summed E-state index contributed by atoms with van der Waals surface area (Å²) in [5, 5.41) is 2.64. The second kappa shape index (κ2) is 4.56. The van der Waals surface area contributed by atoms with E-state index in [1.165, 1.54) is 21.9 Å². The standard InChI is InChI=1S/C15H18O/c1-4-12-13(5-2)15(16-3)10-11-8-6-7-9-14(11)12/h6-10H,4-5H2,1-3H3. The van der Waals surface area contributed by atoms with E-state index in [1.807, 2.05) is 0 Å². The van der Waals surface area contributed by atoms with Crippen molar-refractivity contribution in [2.75, 3.05) is 7.11 Å². The summed E-state index contributed by atoms with van der Waals surface area (Å²) in [6, 6.07) is 10.7. The van der Waals surface area contributed by atoms with E-state index in [-0.39, 0.29) is 0 Å². The lowest BCUT2D eigenvalue weighted by molar-refractivity contribution is 0.410. The minimum Gasteiger partial charge on any atom is -0.496 e. The maximum atomic E-state index is 5.49. The van der Waals surface area contributed by atoms with Crippen LogP contribution in [0, 0.1) is 0 Å². The topological polar surface area (TPSA) is 9.23 Å². The highest BCUT2D eigenvalue weighted by Gasteiger charge is 2.10. The minimum absolute atomic E-state index is 1.02. The highest BCUT2D eigenvalue weighted by atomic mass is 16.5. The molecule has 0 saturated carbocycles. The third-order valence-electron chi connectivity index (χ3n) is 3.16. The predicted molar refractivity (Wildman–Crippen MR) is 69.3 cm³/mol. The number of hydrogen-bond acceptors (Lipinski definition) is 1. The molecule has 84 valence electrons. The predicted octanol–water partition coefficient (Wildman–Crippen LogP) is 3.97. The number of ether oxygens (including phenoxy) is 1. The second-order valence-electron chi connectivity index (χ2n) is 3.96. The van der Waals surface area contributed by atoms with Gasteiger partial charge in [-0.3, -0.25) is 0 Å². The van der Waals surface area contributed by atoms with E-state index in [0.717, 1.165) is 18.6 Å². The Bertz CT molecular complexity index is 500. The van der Waals surface area contributed by atoms with Gasteiger partial charge in [0.2, 0.25) is 0 Å². The van der Waals surface area contributed by atoms with Crippen LogP contribution in [0.1, 0.15) is 25.0 Å². The molecule has 0 aliphatic carbocycles. The molecule has 0 amide bonds. The Labute approximate surface area is 97.1 Å². The molecule has 0 aromatic heterocycles. The normalized spacial score (nSPS) is 10.7. The molecule has 0 aliphatic heterocycles. The van der Waals surface area contributed by atoms with Crippen LogP contribution in [-0.4, -0.2) is 7.11 Å². The lowest BCUT2D eigenvalue weighted by Gasteiger charge is -2.14. The number of hydrogen-bond donors (Lipinski definition) is 0. The molecule has 0 N–H and O–H groups in total. The van der Waals surface area contributed by atoms with E-state index in [1.54, 1.807) is 7.11 Å². The van der Waals surface area contributed by atoms with Gasteiger partial charge in [0.15, 0.2) is 0 Å². The summed E-state index contributed by atoms with van der Waals surface area (Å²) in [5.41, 5.74) is 2.78. The van der Waals surface area contributed by atoms with Gasteiger partial charge in [-0.15, -0.1) is 0 Å². The molecular formula is C15H18O. The van der Waals surface area contributed by atoms with Gasteiger partial charge in [0.1, 0.15) is 5.75 Å². The van der Waals surface area contributed by atoms with Crippen molar-refractivity contribution in [1.82, 2.24) is 0 Å². The van der Waals surface area contributed by atoms with Gasteiger partial charge in [0.25, 0.3) is 0 Å². The van der Waals surface area contributed by atoms with E-state index >= 15 is 0 Å². The largest absolute Gasteiger partial charge is 0.496 e. The third kappa shape index (κ3) is 1.67. The van der Waals surface area contributed by atoms with Crippen molar-refractivity contribution in [3.63, 3.8) is 0 Å². The number of methoxy groups -OCH3 is 1. The SMILES string of the molecule is CCc1c(OC)cc2ccccc2c1CC. The Balaban J connectivity index is 2.82. The zero-order chi connectivity index (χ0) is 11.5. The van der Waals surface area contributed by atoms with E-state index in [2.05, 4.69) is 44.2 Å². The number of benzene rings is 2. The zero-order valence-electron chi connectivity index (χ0n) is 10.2. The van der Waals surface area contributed by atoms with Crippen molar-refractivity contribution < 1.29 is 4.74 Å². The Morgan fingerprint density at radius 2 is 1.69 bits per heavy atom. The van der Waals surface area contributed by atoms with Gasteiger partial charge in [0.05, 0.1) is 7.11 Å². The minimum atomic E-state index is 1.02. The van der Waals surface area contributed by atoms with Crippen LogP contribution in [-0.2, 0) is 12.8 Å². The first-order valence-electron chi connectivity index (χ1n) is 5.89. The van der Waals surface area contributed by atoms with Crippen LogP contribution in [0.3, 0.4) is 0 Å². The Kier molecular flexibility index (Phi) is 3.14. The molecule has 0 bridgehead atoms. The molecule has 0 spiro atoms. The third-order valence-corrected chi connectivity index (χ3v) is 3.16. The van der Waals surface area contributed by atoms with Crippen LogP contribution in [0.5, 0.6) is 5.75 Å². The van der Waals surface area contributed by atoms with Crippen LogP contribution in [0.4, 0.5) is 0 Å². The molecule has 1 heteroatoms. The van der Waals surface area contributed by atoms with Crippen molar-refractivity contribution in [3.05, 3.63) is 41.5 Å². The van der Waals surface area contributed by atoms with Gasteiger partial charge in [-0.25, -0.2) is 0 Å². The van der Waals surface area contributed by atoms with Crippen molar-refractivity contribution in [1.29, 1.82) is 0 Å². The summed E-state index contributed by atoms with van der Waals surface area (Å²) >= 11 is 0. The second-order valence-corrected chi connectivity index (χ2v) is 3.96. The first-order valence-corrected chi connectivity index (χ1v) is 5.89. The highest BCUT2D eigenvalue weighted by Crippen LogP contribution is 2.31. The van der Waals surface area contributed by atoms with Crippen LogP contribution >= 0.6 is 0 Å². The first-order chi connectivity index (χ1) is 7.81. The highest BCUT2D eigenvalue weighted by molar-refractivity contribution is 5.88. The van der Waals surface area contributed by atoms with Crippen molar-refractivity contribution >= 4 is 10.8 Å². The van der Waals surface area contributed by atoms with Crippen molar-refractivity contribution in [3.8, 4) is 5.75 Å². The monoisotopic (exact) mass is 214 g/mol. The lowest BCUT2D eigenvalue weighted by Crippen LogP contribution is -1.97. The van der Waals surface area contributed by atoms with Crippen LogP contribution < -0.4 is 4.74 Å². The van der Waals surface area contributed by atoms with Gasteiger partial charge < -0.3 is 4.74 Å². The van der Waals surface area contributed by atoms with Crippen LogP contribution in [0.2, 0.25) is 0 Å². The molecule has 0 radical (unpaired) electrons. The van der Waals surface area contributed by atoms with Crippen molar-refractivity contribution in [2.24, 2.45) is 0 Å². The molecule has 1 nitrogen and oxygen atoms in total. The van der Waals surface area contributed by atoms with E-state index in [4.69, 9.17) is 4.74 Å². The first kappa shape index (κ1) is 11.0. The number of rotatable bonds is 3. The molecular weight excluding hydrogens is 196 g/mol. The molecule has 0 atom stereocenters. The Hall–Kier alpha value is -1.50.